The molecule has 0 radical (unpaired) electrons. The van der Waals surface area contributed by atoms with Gasteiger partial charge in [0.25, 0.3) is 0 Å². The number of carbonyl (C=O) groups excluding carboxylic acids is 1. The monoisotopic (exact) mass is 404 g/mol. The first-order valence-corrected chi connectivity index (χ1v) is 9.13. The van der Waals surface area contributed by atoms with Crippen molar-refractivity contribution < 1.29 is 23.4 Å². The highest BCUT2D eigenvalue weighted by Gasteiger charge is 2.19. The summed E-state index contributed by atoms with van der Waals surface area (Å²) in [5, 5.41) is 9.35. The number of aryl methyl sites for hydroxylation is 1. The van der Waals surface area contributed by atoms with Crippen LogP contribution in [0.4, 0.5) is 8.78 Å². The summed E-state index contributed by atoms with van der Waals surface area (Å²) in [6.45, 7) is 3.13. The summed E-state index contributed by atoms with van der Waals surface area (Å²) in [5.41, 5.74) is 1.25. The van der Waals surface area contributed by atoms with E-state index >= 15 is 0 Å². The van der Waals surface area contributed by atoms with Crippen LogP contribution in [0.1, 0.15) is 55.4 Å². The zero-order chi connectivity index (χ0) is 20.3. The number of hydrogen-bond donors (Lipinski definition) is 1. The minimum absolute atomic E-state index is 0. The number of ether oxygens (including phenoxy) is 1. The molecule has 2 heterocycles. The van der Waals surface area contributed by atoms with E-state index in [1.807, 2.05) is 0 Å². The van der Waals surface area contributed by atoms with Crippen LogP contribution in [0.25, 0.3) is 5.65 Å². The average molecular weight is 404 g/mol. The maximum atomic E-state index is 13.8. The summed E-state index contributed by atoms with van der Waals surface area (Å²) < 4.78 is 34.9. The molecule has 5 nitrogen and oxygen atoms in total. The smallest absolute Gasteiger partial charge is 0.181 e. The van der Waals surface area contributed by atoms with Crippen molar-refractivity contribution in [3.05, 3.63) is 65.1 Å². The van der Waals surface area contributed by atoms with Crippen LogP contribution < -0.4 is 4.74 Å². The molecule has 0 fully saturated rings. The third-order valence-corrected chi connectivity index (χ3v) is 4.51. The van der Waals surface area contributed by atoms with Crippen molar-refractivity contribution in [2.24, 2.45) is 0 Å². The van der Waals surface area contributed by atoms with E-state index < -0.39 is 17.7 Å². The Balaban J connectivity index is 0.00000300. The van der Waals surface area contributed by atoms with Crippen LogP contribution in [0.2, 0.25) is 0 Å². The van der Waals surface area contributed by atoms with Crippen LogP contribution >= 0.6 is 0 Å². The number of benzene rings is 1. The van der Waals surface area contributed by atoms with Gasteiger partial charge in [0.05, 0.1) is 17.4 Å². The van der Waals surface area contributed by atoms with Crippen LogP contribution in [0, 0.1) is 18.6 Å². The minimum atomic E-state index is -0.680. The quantitative estimate of drug-likeness (QED) is 0.544. The van der Waals surface area contributed by atoms with E-state index in [4.69, 9.17) is 4.74 Å². The molecule has 0 spiro atoms. The number of aliphatic hydroxyl groups is 1. The SMILES string of the molecule is C.Cc1nc2c(OCc3c(F)cccc3F)cccn2c1C(=O)CCCC(C)O. The van der Waals surface area contributed by atoms with Crippen molar-refractivity contribution in [3.63, 3.8) is 0 Å². The Hall–Kier alpha value is -2.80. The van der Waals surface area contributed by atoms with Gasteiger partial charge in [-0.25, -0.2) is 13.8 Å². The molecule has 0 bridgehead atoms. The Labute approximate surface area is 169 Å². The Morgan fingerprint density at radius 1 is 1.24 bits per heavy atom. The van der Waals surface area contributed by atoms with Gasteiger partial charge in [-0.3, -0.25) is 9.20 Å². The zero-order valence-electron chi connectivity index (χ0n) is 15.8. The van der Waals surface area contributed by atoms with Gasteiger partial charge < -0.3 is 9.84 Å². The lowest BCUT2D eigenvalue weighted by molar-refractivity contribution is 0.0965. The van der Waals surface area contributed by atoms with Crippen molar-refractivity contribution in [2.75, 3.05) is 0 Å². The van der Waals surface area contributed by atoms with Crippen molar-refractivity contribution in [1.29, 1.82) is 0 Å². The van der Waals surface area contributed by atoms with E-state index in [0.717, 1.165) is 0 Å². The van der Waals surface area contributed by atoms with E-state index in [1.165, 1.54) is 18.2 Å². The number of aromatic nitrogens is 2. The largest absolute Gasteiger partial charge is 0.485 e. The second-order valence-electron chi connectivity index (χ2n) is 6.77. The molecule has 1 aromatic carbocycles. The predicted octanol–water partition coefficient (Wildman–Crippen LogP) is 4.87. The Morgan fingerprint density at radius 3 is 2.59 bits per heavy atom. The van der Waals surface area contributed by atoms with Crippen LogP contribution in [0.15, 0.2) is 36.5 Å². The number of pyridine rings is 1. The van der Waals surface area contributed by atoms with E-state index in [2.05, 4.69) is 4.98 Å². The lowest BCUT2D eigenvalue weighted by Gasteiger charge is -2.09. The van der Waals surface area contributed by atoms with E-state index in [0.29, 0.717) is 42.0 Å². The topological polar surface area (TPSA) is 63.8 Å². The maximum Gasteiger partial charge on any atom is 0.181 e. The maximum absolute atomic E-state index is 13.8. The number of halogens is 2. The summed E-state index contributed by atoms with van der Waals surface area (Å²) >= 11 is 0. The molecule has 156 valence electrons. The molecule has 7 heteroatoms. The van der Waals surface area contributed by atoms with Crippen LogP contribution in [-0.2, 0) is 6.61 Å². The molecule has 3 aromatic rings. The predicted molar refractivity (Wildman–Crippen MR) is 107 cm³/mol. The lowest BCUT2D eigenvalue weighted by atomic mass is 10.1. The van der Waals surface area contributed by atoms with Gasteiger partial charge >= 0.3 is 0 Å². The number of aliphatic hydroxyl groups excluding tert-OH is 1. The Bertz CT molecular complexity index is 979. The average Bonchev–Trinajstić information content (AvgIpc) is 2.97. The van der Waals surface area contributed by atoms with Crippen LogP contribution in [0.3, 0.4) is 0 Å². The summed E-state index contributed by atoms with van der Waals surface area (Å²) in [7, 11) is 0. The van der Waals surface area contributed by atoms with Crippen molar-refractivity contribution in [3.8, 4) is 5.75 Å². The fraction of sp³-hybridized carbons (Fsp3) is 0.364. The molecule has 0 saturated carbocycles. The van der Waals surface area contributed by atoms with Crippen LogP contribution in [-0.4, -0.2) is 26.4 Å². The number of ketones is 1. The van der Waals surface area contributed by atoms with E-state index in [1.54, 1.807) is 36.6 Å². The van der Waals surface area contributed by atoms with Gasteiger partial charge in [-0.15, -0.1) is 0 Å². The van der Waals surface area contributed by atoms with Gasteiger partial charge in [-0.2, -0.15) is 0 Å². The third-order valence-electron chi connectivity index (χ3n) is 4.51. The van der Waals surface area contributed by atoms with E-state index in [9.17, 15) is 18.7 Å². The summed E-state index contributed by atoms with van der Waals surface area (Å²) in [5.74, 6) is -1.11. The molecule has 1 atom stereocenters. The summed E-state index contributed by atoms with van der Waals surface area (Å²) in [4.78, 5) is 17.0. The standard InChI is InChI=1S/C21H22F2N2O3.CH4/c1-13(26)6-3-9-18(27)20-14(2)24-21-19(10-5-11-25(20)21)28-12-15-16(22)7-4-8-17(15)23;/h4-5,7-8,10-11,13,26H,3,6,9,12H2,1-2H3;1H4. The molecule has 0 aliphatic rings. The van der Waals surface area contributed by atoms with Gasteiger partial charge in [0.15, 0.2) is 17.2 Å². The fourth-order valence-electron chi connectivity index (χ4n) is 3.10. The molecular weight excluding hydrogens is 378 g/mol. The van der Waals surface area contributed by atoms with Crippen LogP contribution in [0.5, 0.6) is 5.75 Å². The molecule has 0 aliphatic carbocycles. The number of carbonyl (C=O) groups is 1. The molecule has 1 N–H and O–H groups in total. The normalized spacial score (nSPS) is 11.9. The number of imidazole rings is 1. The highest BCUT2D eigenvalue weighted by atomic mass is 19.1. The molecule has 1 unspecified atom stereocenters. The Kier molecular flexibility index (Phi) is 7.45. The van der Waals surface area contributed by atoms with Crippen molar-refractivity contribution >= 4 is 11.4 Å². The number of fused-ring (bicyclic) bond motifs is 1. The van der Waals surface area contributed by atoms with Gasteiger partial charge in [-0.1, -0.05) is 13.5 Å². The van der Waals surface area contributed by atoms with Crippen molar-refractivity contribution in [2.45, 2.75) is 53.2 Å². The third kappa shape index (κ3) is 4.98. The second kappa shape index (κ2) is 9.60. The van der Waals surface area contributed by atoms with Gasteiger partial charge in [0.1, 0.15) is 23.9 Å². The summed E-state index contributed by atoms with van der Waals surface area (Å²) in [6, 6.07) is 6.97. The molecule has 3 rings (SSSR count). The number of hydrogen-bond acceptors (Lipinski definition) is 4. The molecule has 0 saturated heterocycles. The lowest BCUT2D eigenvalue weighted by Crippen LogP contribution is -2.08. The van der Waals surface area contributed by atoms with Gasteiger partial charge in [0.2, 0.25) is 0 Å². The number of nitrogens with zero attached hydrogens (tertiary/aromatic N) is 2. The van der Waals surface area contributed by atoms with Crippen molar-refractivity contribution in [1.82, 2.24) is 9.38 Å². The Morgan fingerprint density at radius 2 is 1.93 bits per heavy atom. The highest BCUT2D eigenvalue weighted by molar-refractivity contribution is 5.96. The molecule has 0 amide bonds. The highest BCUT2D eigenvalue weighted by Crippen LogP contribution is 2.25. The molecule has 29 heavy (non-hydrogen) atoms. The first-order chi connectivity index (χ1) is 13.4. The summed E-state index contributed by atoms with van der Waals surface area (Å²) in [6.07, 6.45) is 2.67. The molecule has 2 aromatic heterocycles. The first-order valence-electron chi connectivity index (χ1n) is 9.13. The minimum Gasteiger partial charge on any atom is -0.485 e. The van der Waals surface area contributed by atoms with E-state index in [-0.39, 0.29) is 25.4 Å². The number of rotatable bonds is 8. The molecule has 0 aliphatic heterocycles. The fourth-order valence-corrected chi connectivity index (χ4v) is 3.10. The first kappa shape index (κ1) is 22.5. The van der Waals surface area contributed by atoms with Gasteiger partial charge in [0, 0.05) is 12.6 Å². The second-order valence-corrected chi connectivity index (χ2v) is 6.77. The van der Waals surface area contributed by atoms with Gasteiger partial charge in [-0.05, 0) is 51.0 Å². The number of Topliss-reactive ketones (excluding diaryl/α,β-unsaturated/α-hetero) is 1. The zero-order valence-corrected chi connectivity index (χ0v) is 15.8. The molecular formula is C22H26F2N2O3.